The van der Waals surface area contributed by atoms with Gasteiger partial charge in [0.15, 0.2) is 0 Å². The zero-order valence-electron chi connectivity index (χ0n) is 35.6. The third kappa shape index (κ3) is 10.1. The SMILES string of the molecule is C=C/C=C(\C=C/C)c1ccc(\C=C/C(=C\C=C\Nc2ccc(C(/C=C\C)=C/C)cc2)c2ccc3c(-c4ccccc4)c(-c4ccccc4)c4ccccc4c3c2)cc1.CC. The lowest BCUT2D eigenvalue weighted by atomic mass is 9.84. The monoisotopic (exact) mass is 777 g/mol. The first-order chi connectivity index (χ1) is 29.6. The second-order valence-corrected chi connectivity index (χ2v) is 14.0. The van der Waals surface area contributed by atoms with E-state index >= 15 is 0 Å². The number of hydrogen-bond acceptors (Lipinski definition) is 1. The van der Waals surface area contributed by atoms with Crippen LogP contribution in [0.15, 0.2) is 225 Å². The van der Waals surface area contributed by atoms with E-state index in [2.05, 4.69) is 225 Å². The van der Waals surface area contributed by atoms with Crippen molar-refractivity contribution in [1.82, 2.24) is 0 Å². The molecular formula is C59H55N. The molecule has 0 heterocycles. The highest BCUT2D eigenvalue weighted by Gasteiger charge is 2.18. The van der Waals surface area contributed by atoms with Crippen LogP contribution in [0.25, 0.3) is 66.6 Å². The molecule has 0 aromatic heterocycles. The number of fused-ring (bicyclic) bond motifs is 3. The van der Waals surface area contributed by atoms with Crippen molar-refractivity contribution in [2.45, 2.75) is 34.6 Å². The van der Waals surface area contributed by atoms with Crippen LogP contribution in [0.4, 0.5) is 5.69 Å². The van der Waals surface area contributed by atoms with Crippen molar-refractivity contribution in [1.29, 1.82) is 0 Å². The van der Waals surface area contributed by atoms with Gasteiger partial charge in [0.2, 0.25) is 0 Å². The molecule has 0 unspecified atom stereocenters. The predicted octanol–water partition coefficient (Wildman–Crippen LogP) is 17.2. The van der Waals surface area contributed by atoms with E-state index in [0.717, 1.165) is 33.5 Å². The van der Waals surface area contributed by atoms with Crippen LogP contribution in [0.1, 0.15) is 56.9 Å². The van der Waals surface area contributed by atoms with Crippen LogP contribution in [-0.4, -0.2) is 0 Å². The maximum Gasteiger partial charge on any atom is 0.0380 e. The summed E-state index contributed by atoms with van der Waals surface area (Å²) in [5.74, 6) is 0. The van der Waals surface area contributed by atoms with Crippen molar-refractivity contribution in [2.75, 3.05) is 5.32 Å². The molecule has 0 fully saturated rings. The van der Waals surface area contributed by atoms with E-state index in [9.17, 15) is 0 Å². The summed E-state index contributed by atoms with van der Waals surface area (Å²) in [6, 6.07) is 54.6. The lowest BCUT2D eigenvalue weighted by molar-refractivity contribution is 1.50. The van der Waals surface area contributed by atoms with E-state index in [1.165, 1.54) is 54.9 Å². The number of nitrogens with one attached hydrogen (secondary N) is 1. The molecule has 0 saturated carbocycles. The molecule has 0 radical (unpaired) electrons. The maximum atomic E-state index is 3.90. The third-order valence-corrected chi connectivity index (χ3v) is 10.3. The van der Waals surface area contributed by atoms with E-state index in [1.54, 1.807) is 0 Å². The fraction of sp³-hybridized carbons (Fsp3) is 0.0847. The first kappa shape index (κ1) is 42.4. The van der Waals surface area contributed by atoms with E-state index in [1.807, 2.05) is 46.0 Å². The molecule has 0 amide bonds. The molecular weight excluding hydrogens is 723 g/mol. The fourth-order valence-corrected chi connectivity index (χ4v) is 7.55. The zero-order chi connectivity index (χ0) is 42.1. The first-order valence-electron chi connectivity index (χ1n) is 21.0. The van der Waals surface area contributed by atoms with Gasteiger partial charge in [-0.3, -0.25) is 0 Å². The Kier molecular flexibility index (Phi) is 15.2. The van der Waals surface area contributed by atoms with Gasteiger partial charge in [0.25, 0.3) is 0 Å². The average Bonchev–Trinajstić information content (AvgIpc) is 3.31. The van der Waals surface area contributed by atoms with Crippen LogP contribution in [-0.2, 0) is 0 Å². The van der Waals surface area contributed by atoms with Crippen molar-refractivity contribution < 1.29 is 0 Å². The molecule has 1 nitrogen and oxygen atoms in total. The van der Waals surface area contributed by atoms with E-state index in [0.29, 0.717) is 0 Å². The van der Waals surface area contributed by atoms with E-state index in [4.69, 9.17) is 0 Å². The molecule has 7 aromatic carbocycles. The summed E-state index contributed by atoms with van der Waals surface area (Å²) < 4.78 is 0. The van der Waals surface area contributed by atoms with Gasteiger partial charge < -0.3 is 5.32 Å². The minimum Gasteiger partial charge on any atom is -0.362 e. The quantitative estimate of drug-likeness (QED) is 0.0908. The Balaban J connectivity index is 0.00000297. The molecule has 60 heavy (non-hydrogen) atoms. The van der Waals surface area contributed by atoms with Crippen LogP contribution in [0.2, 0.25) is 0 Å². The minimum atomic E-state index is 1.03. The van der Waals surface area contributed by atoms with Gasteiger partial charge >= 0.3 is 0 Å². The van der Waals surface area contributed by atoms with Gasteiger partial charge in [0.1, 0.15) is 0 Å². The smallest absolute Gasteiger partial charge is 0.0380 e. The topological polar surface area (TPSA) is 12.0 Å². The highest BCUT2D eigenvalue weighted by molar-refractivity contribution is 6.22. The molecule has 0 aliphatic carbocycles. The van der Waals surface area contributed by atoms with Crippen LogP contribution in [0.5, 0.6) is 0 Å². The summed E-state index contributed by atoms with van der Waals surface area (Å²) in [5.41, 5.74) is 14.0. The van der Waals surface area contributed by atoms with Crippen LogP contribution in [0.3, 0.4) is 0 Å². The van der Waals surface area contributed by atoms with Gasteiger partial charge in [-0.25, -0.2) is 0 Å². The number of rotatable bonds is 13. The zero-order valence-corrected chi connectivity index (χ0v) is 35.6. The number of anilines is 1. The molecule has 1 N–H and O–H groups in total. The Bertz CT molecular complexity index is 2730. The molecule has 0 saturated heterocycles. The molecule has 0 spiro atoms. The maximum absolute atomic E-state index is 3.90. The van der Waals surface area contributed by atoms with Crippen molar-refractivity contribution in [3.05, 3.63) is 247 Å². The van der Waals surface area contributed by atoms with Crippen LogP contribution >= 0.6 is 0 Å². The number of allylic oxidation sites excluding steroid dienone is 13. The largest absolute Gasteiger partial charge is 0.362 e. The molecule has 296 valence electrons. The van der Waals surface area contributed by atoms with Gasteiger partial charge in [-0.2, -0.15) is 0 Å². The van der Waals surface area contributed by atoms with Crippen LogP contribution in [0, 0.1) is 0 Å². The summed E-state index contributed by atoms with van der Waals surface area (Å²) >= 11 is 0. The van der Waals surface area contributed by atoms with Crippen molar-refractivity contribution in [3.63, 3.8) is 0 Å². The van der Waals surface area contributed by atoms with Crippen molar-refractivity contribution in [2.24, 2.45) is 0 Å². The lowest BCUT2D eigenvalue weighted by Crippen LogP contribution is -1.93. The molecule has 0 bridgehead atoms. The molecule has 0 aliphatic rings. The highest BCUT2D eigenvalue weighted by atomic mass is 14.8. The normalized spacial score (nSPS) is 12.5. The second-order valence-electron chi connectivity index (χ2n) is 14.0. The third-order valence-electron chi connectivity index (χ3n) is 10.3. The highest BCUT2D eigenvalue weighted by Crippen LogP contribution is 2.45. The molecule has 1 heteroatoms. The summed E-state index contributed by atoms with van der Waals surface area (Å²) in [4.78, 5) is 0. The Labute approximate surface area is 358 Å². The Morgan fingerprint density at radius 3 is 1.60 bits per heavy atom. The first-order valence-corrected chi connectivity index (χ1v) is 21.0. The Morgan fingerprint density at radius 1 is 0.483 bits per heavy atom. The van der Waals surface area contributed by atoms with E-state index in [-0.39, 0.29) is 0 Å². The lowest BCUT2D eigenvalue weighted by Gasteiger charge is -2.19. The predicted molar refractivity (Wildman–Crippen MR) is 268 cm³/mol. The minimum absolute atomic E-state index is 1.03. The molecule has 7 rings (SSSR count). The van der Waals surface area contributed by atoms with Gasteiger partial charge in [-0.1, -0.05) is 215 Å². The Hall–Kier alpha value is -7.22. The van der Waals surface area contributed by atoms with Gasteiger partial charge in [-0.05, 0) is 128 Å². The van der Waals surface area contributed by atoms with Gasteiger partial charge in [-0.15, -0.1) is 0 Å². The molecule has 0 aliphatic heterocycles. The Morgan fingerprint density at radius 2 is 1.00 bits per heavy atom. The summed E-state index contributed by atoms with van der Waals surface area (Å²) in [7, 11) is 0. The number of benzene rings is 7. The van der Waals surface area contributed by atoms with Gasteiger partial charge in [0.05, 0.1) is 0 Å². The van der Waals surface area contributed by atoms with Crippen molar-refractivity contribution in [3.8, 4) is 22.3 Å². The second kappa shape index (κ2) is 21.5. The van der Waals surface area contributed by atoms with Crippen molar-refractivity contribution >= 4 is 50.0 Å². The molecule has 7 aromatic rings. The number of hydrogen-bond donors (Lipinski definition) is 1. The summed E-state index contributed by atoms with van der Waals surface area (Å²) in [5, 5.41) is 8.40. The summed E-state index contributed by atoms with van der Waals surface area (Å²) in [6.45, 7) is 14.1. The fourth-order valence-electron chi connectivity index (χ4n) is 7.55. The standard InChI is InChI=1S/C57H49N.C2H6/c1-5-18-43(8-4)46-34-37-51(38-35-46)58-40-17-25-45(31-28-42-29-32-47(33-30-42)44(19-6-2)20-7-3)50-36-39-54-55(41-50)52-26-15-16-27-53(52)56(48-21-11-9-12-22-48)57(54)49-23-13-10-14-24-49;1-2/h5-41,58H,2H2,1,3-4H3;1-2H3/b18-5-,20-7-,31-28-,40-17+,43-8+,44-19+,45-25+;. The molecule has 0 atom stereocenters. The van der Waals surface area contributed by atoms with E-state index < -0.39 is 0 Å². The average molecular weight is 778 g/mol. The van der Waals surface area contributed by atoms with Crippen LogP contribution < -0.4 is 5.32 Å². The summed E-state index contributed by atoms with van der Waals surface area (Å²) in [6.07, 6.45) is 25.1. The van der Waals surface area contributed by atoms with Gasteiger partial charge in [0, 0.05) is 11.9 Å².